The van der Waals surface area contributed by atoms with Gasteiger partial charge in [0, 0.05) is 65.2 Å². The summed E-state index contributed by atoms with van der Waals surface area (Å²) in [5.74, 6) is -2.78. The number of hydrogen-bond acceptors (Lipinski definition) is 6. The highest BCUT2D eigenvalue weighted by atomic mass is 19.1. The SMILES string of the molecule is CCN(C)Cc1c(N2CCOCC2)ccc(-c2cc(-c3cc4c(cc3F)C(=O)NCC4)c(N)nc2F)c1F. The first-order chi connectivity index (χ1) is 18.3. The molecule has 200 valence electrons. The van der Waals surface area contributed by atoms with Crippen LogP contribution in [0.4, 0.5) is 24.7 Å². The number of anilines is 2. The van der Waals surface area contributed by atoms with Crippen molar-refractivity contribution in [2.45, 2.75) is 19.9 Å². The minimum absolute atomic E-state index is 0.0190. The fourth-order valence-electron chi connectivity index (χ4n) is 5.01. The van der Waals surface area contributed by atoms with Crippen LogP contribution in [0.1, 0.15) is 28.4 Å². The van der Waals surface area contributed by atoms with Crippen LogP contribution in [-0.4, -0.2) is 62.2 Å². The molecule has 0 spiro atoms. The Labute approximate surface area is 219 Å². The molecule has 0 unspecified atom stereocenters. The molecule has 0 radical (unpaired) electrons. The summed E-state index contributed by atoms with van der Waals surface area (Å²) in [6.45, 7) is 5.75. The number of carbonyl (C=O) groups excluding carboxylic acids is 1. The Bertz CT molecular complexity index is 1390. The molecule has 1 amide bonds. The van der Waals surface area contributed by atoms with Crippen molar-refractivity contribution in [3.63, 3.8) is 0 Å². The van der Waals surface area contributed by atoms with E-state index in [4.69, 9.17) is 10.5 Å². The molecule has 2 aromatic carbocycles. The molecular formula is C28H30F3N5O2. The van der Waals surface area contributed by atoms with E-state index in [2.05, 4.69) is 15.2 Å². The molecule has 7 nitrogen and oxygen atoms in total. The van der Waals surface area contributed by atoms with Crippen molar-refractivity contribution in [2.75, 3.05) is 57.1 Å². The Balaban J connectivity index is 1.63. The first-order valence-electron chi connectivity index (χ1n) is 12.7. The van der Waals surface area contributed by atoms with Gasteiger partial charge in [-0.3, -0.25) is 4.79 Å². The Morgan fingerprint density at radius 1 is 1.05 bits per heavy atom. The largest absolute Gasteiger partial charge is 0.383 e. The molecule has 1 fully saturated rings. The van der Waals surface area contributed by atoms with Crippen LogP contribution >= 0.6 is 0 Å². The number of morpholine rings is 1. The Morgan fingerprint density at radius 3 is 2.55 bits per heavy atom. The van der Waals surface area contributed by atoms with E-state index in [1.807, 2.05) is 18.9 Å². The highest BCUT2D eigenvalue weighted by molar-refractivity contribution is 5.97. The van der Waals surface area contributed by atoms with Gasteiger partial charge in [0.05, 0.1) is 13.2 Å². The first kappa shape index (κ1) is 26.0. The van der Waals surface area contributed by atoms with E-state index in [0.717, 1.165) is 11.8 Å². The van der Waals surface area contributed by atoms with Crippen molar-refractivity contribution >= 4 is 17.4 Å². The molecular weight excluding hydrogens is 495 g/mol. The molecule has 2 aliphatic rings. The van der Waals surface area contributed by atoms with Gasteiger partial charge in [0.25, 0.3) is 5.91 Å². The molecule has 0 saturated carbocycles. The predicted molar refractivity (Wildman–Crippen MR) is 140 cm³/mol. The summed E-state index contributed by atoms with van der Waals surface area (Å²) < 4.78 is 52.0. The zero-order valence-electron chi connectivity index (χ0n) is 21.4. The lowest BCUT2D eigenvalue weighted by Crippen LogP contribution is -2.37. The van der Waals surface area contributed by atoms with Crippen molar-refractivity contribution in [1.29, 1.82) is 0 Å². The van der Waals surface area contributed by atoms with Gasteiger partial charge in [-0.05, 0) is 55.9 Å². The smallest absolute Gasteiger partial charge is 0.251 e. The zero-order chi connectivity index (χ0) is 27.0. The maximum Gasteiger partial charge on any atom is 0.251 e. The van der Waals surface area contributed by atoms with E-state index in [1.165, 1.54) is 18.2 Å². The van der Waals surface area contributed by atoms with Crippen molar-refractivity contribution in [3.8, 4) is 22.3 Å². The van der Waals surface area contributed by atoms with E-state index in [9.17, 15) is 4.79 Å². The second-order valence-corrected chi connectivity index (χ2v) is 9.61. The van der Waals surface area contributed by atoms with Gasteiger partial charge in [0.1, 0.15) is 17.5 Å². The molecule has 0 aliphatic carbocycles. The fraction of sp³-hybridized carbons (Fsp3) is 0.357. The topological polar surface area (TPSA) is 83.7 Å². The van der Waals surface area contributed by atoms with Gasteiger partial charge in [-0.25, -0.2) is 13.8 Å². The predicted octanol–water partition coefficient (Wildman–Crippen LogP) is 3.99. The summed E-state index contributed by atoms with van der Waals surface area (Å²) in [5.41, 5.74) is 8.23. The standard InChI is InChI=1S/C28H30F3N5O2/c1-3-35(2)15-22-24(36-8-10-38-11-9-36)5-4-17(25(22)30)20-13-21(27(32)34-26(20)31)19-12-16-6-7-33-28(37)18(16)14-23(19)29/h4-5,12-14H,3,6-11,15H2,1-2H3,(H2,32,34)(H,33,37). The minimum atomic E-state index is -0.947. The number of fused-ring (bicyclic) bond motifs is 1. The van der Waals surface area contributed by atoms with E-state index in [-0.39, 0.29) is 39.5 Å². The number of benzene rings is 2. The third kappa shape index (κ3) is 4.81. The number of nitrogens with zero attached hydrogens (tertiary/aromatic N) is 3. The second-order valence-electron chi connectivity index (χ2n) is 9.61. The molecule has 38 heavy (non-hydrogen) atoms. The second kappa shape index (κ2) is 10.6. The number of nitrogen functional groups attached to an aromatic ring is 1. The van der Waals surface area contributed by atoms with Crippen LogP contribution in [0.2, 0.25) is 0 Å². The Morgan fingerprint density at radius 2 is 1.82 bits per heavy atom. The van der Waals surface area contributed by atoms with Crippen LogP contribution in [0.3, 0.4) is 0 Å². The normalized spacial score (nSPS) is 15.5. The van der Waals surface area contributed by atoms with Crippen LogP contribution in [0.5, 0.6) is 0 Å². The number of halogens is 3. The van der Waals surface area contributed by atoms with E-state index >= 15 is 13.2 Å². The van der Waals surface area contributed by atoms with Crippen LogP contribution in [0.15, 0.2) is 30.3 Å². The number of pyridine rings is 1. The number of ether oxygens (including phenoxy) is 1. The number of amides is 1. The number of carbonyl (C=O) groups is 1. The highest BCUT2D eigenvalue weighted by Crippen LogP contribution is 2.38. The summed E-state index contributed by atoms with van der Waals surface area (Å²) in [6.07, 6.45) is 0.516. The first-order valence-corrected chi connectivity index (χ1v) is 12.7. The number of rotatable bonds is 6. The van der Waals surface area contributed by atoms with Gasteiger partial charge in [0.15, 0.2) is 0 Å². The average Bonchev–Trinajstić information content (AvgIpc) is 2.91. The Kier molecular flexibility index (Phi) is 7.27. The lowest BCUT2D eigenvalue weighted by Gasteiger charge is -2.32. The molecule has 5 rings (SSSR count). The molecule has 1 saturated heterocycles. The molecule has 3 aromatic rings. The maximum absolute atomic E-state index is 16.2. The maximum atomic E-state index is 16.2. The van der Waals surface area contributed by atoms with E-state index in [0.29, 0.717) is 63.5 Å². The molecule has 0 bridgehead atoms. The van der Waals surface area contributed by atoms with Crippen LogP contribution in [0, 0.1) is 17.6 Å². The molecule has 3 N–H and O–H groups in total. The third-order valence-corrected chi connectivity index (χ3v) is 7.24. The molecule has 2 aliphatic heterocycles. The zero-order valence-corrected chi connectivity index (χ0v) is 21.4. The van der Waals surface area contributed by atoms with E-state index < -0.39 is 17.6 Å². The molecule has 3 heterocycles. The van der Waals surface area contributed by atoms with Crippen LogP contribution in [0.25, 0.3) is 22.3 Å². The monoisotopic (exact) mass is 525 g/mol. The lowest BCUT2D eigenvalue weighted by atomic mass is 9.93. The summed E-state index contributed by atoms with van der Waals surface area (Å²) in [7, 11) is 1.89. The van der Waals surface area contributed by atoms with Gasteiger partial charge in [-0.1, -0.05) is 6.92 Å². The number of aromatic nitrogens is 1. The third-order valence-electron chi connectivity index (χ3n) is 7.24. The van der Waals surface area contributed by atoms with Gasteiger partial charge in [-0.15, -0.1) is 0 Å². The Hall–Kier alpha value is -3.63. The average molecular weight is 526 g/mol. The number of nitrogens with two attached hydrogens (primary N) is 1. The van der Waals surface area contributed by atoms with Crippen LogP contribution in [-0.2, 0) is 17.7 Å². The summed E-state index contributed by atoms with van der Waals surface area (Å²) in [6, 6.07) is 7.35. The van der Waals surface area contributed by atoms with Crippen molar-refractivity contribution in [3.05, 3.63) is 64.6 Å². The summed E-state index contributed by atoms with van der Waals surface area (Å²) in [4.78, 5) is 20.0. The molecule has 1 aromatic heterocycles. The minimum Gasteiger partial charge on any atom is -0.383 e. The quantitative estimate of drug-likeness (QED) is 0.474. The van der Waals surface area contributed by atoms with Gasteiger partial charge in [0.2, 0.25) is 5.95 Å². The highest BCUT2D eigenvalue weighted by Gasteiger charge is 2.26. The fourth-order valence-corrected chi connectivity index (χ4v) is 5.01. The van der Waals surface area contributed by atoms with E-state index in [1.54, 1.807) is 6.07 Å². The van der Waals surface area contributed by atoms with Crippen molar-refractivity contribution in [1.82, 2.24) is 15.2 Å². The summed E-state index contributed by atoms with van der Waals surface area (Å²) in [5, 5.41) is 2.68. The summed E-state index contributed by atoms with van der Waals surface area (Å²) >= 11 is 0. The van der Waals surface area contributed by atoms with Gasteiger partial charge >= 0.3 is 0 Å². The van der Waals surface area contributed by atoms with Crippen molar-refractivity contribution in [2.24, 2.45) is 0 Å². The van der Waals surface area contributed by atoms with Gasteiger partial charge in [-0.2, -0.15) is 4.39 Å². The molecule has 10 heteroatoms. The van der Waals surface area contributed by atoms with Crippen LogP contribution < -0.4 is 16.0 Å². The molecule has 0 atom stereocenters. The lowest BCUT2D eigenvalue weighted by molar-refractivity contribution is 0.0945. The number of hydrogen-bond donors (Lipinski definition) is 2. The van der Waals surface area contributed by atoms with Gasteiger partial charge < -0.3 is 25.6 Å². The number of nitrogens with one attached hydrogen (secondary N) is 1. The van der Waals surface area contributed by atoms with Crippen molar-refractivity contribution < 1.29 is 22.7 Å².